The van der Waals surface area contributed by atoms with Crippen molar-refractivity contribution < 1.29 is 9.84 Å². The number of hydrogen-bond donors (Lipinski definition) is 1. The van der Waals surface area contributed by atoms with Crippen LogP contribution in [0.25, 0.3) is 10.8 Å². The lowest BCUT2D eigenvalue weighted by Crippen LogP contribution is -2.09. The average Bonchev–Trinajstić information content (AvgIpc) is 2.17. The Morgan fingerprint density at radius 2 is 1.79 bits per heavy atom. The molecule has 0 radical (unpaired) electrons. The Labute approximate surface area is 82.8 Å². The smallest absolute Gasteiger partial charge is 0.194 e. The van der Waals surface area contributed by atoms with E-state index in [1.54, 1.807) is 6.92 Å². The van der Waals surface area contributed by atoms with Crippen molar-refractivity contribution in [2.24, 2.45) is 0 Å². The summed E-state index contributed by atoms with van der Waals surface area (Å²) in [4.78, 5) is 0. The lowest BCUT2D eigenvalue weighted by Gasteiger charge is -2.08. The van der Waals surface area contributed by atoms with E-state index in [1.807, 2.05) is 42.5 Å². The fraction of sp³-hybridized carbons (Fsp3) is 0.167. The number of hydrogen-bond acceptors (Lipinski definition) is 2. The molecule has 2 aromatic rings. The van der Waals surface area contributed by atoms with Crippen LogP contribution in [0.2, 0.25) is 0 Å². The van der Waals surface area contributed by atoms with Crippen molar-refractivity contribution >= 4 is 10.8 Å². The first-order valence-corrected chi connectivity index (χ1v) is 4.59. The van der Waals surface area contributed by atoms with Gasteiger partial charge in [-0.25, -0.2) is 0 Å². The number of fused-ring (bicyclic) bond motifs is 1. The highest BCUT2D eigenvalue weighted by Crippen LogP contribution is 2.20. The minimum atomic E-state index is -0.767. The first kappa shape index (κ1) is 9.03. The summed E-state index contributed by atoms with van der Waals surface area (Å²) in [6.45, 7) is 1.59. The average molecular weight is 188 g/mol. The Balaban J connectivity index is 2.41. The van der Waals surface area contributed by atoms with Crippen molar-refractivity contribution in [3.05, 3.63) is 42.5 Å². The number of benzene rings is 2. The fourth-order valence-corrected chi connectivity index (χ4v) is 1.44. The molecule has 0 saturated carbocycles. The second kappa shape index (κ2) is 3.68. The van der Waals surface area contributed by atoms with Crippen LogP contribution in [0.3, 0.4) is 0 Å². The van der Waals surface area contributed by atoms with Crippen molar-refractivity contribution in [2.75, 3.05) is 0 Å². The van der Waals surface area contributed by atoms with E-state index in [-0.39, 0.29) is 0 Å². The second-order valence-electron chi connectivity index (χ2n) is 3.23. The SMILES string of the molecule is CC(O)Oc1ccc2ccccc2c1. The van der Waals surface area contributed by atoms with Crippen LogP contribution in [-0.4, -0.2) is 11.4 Å². The molecule has 0 aromatic heterocycles. The van der Waals surface area contributed by atoms with Crippen molar-refractivity contribution in [3.8, 4) is 5.75 Å². The summed E-state index contributed by atoms with van der Waals surface area (Å²) < 4.78 is 5.18. The maximum absolute atomic E-state index is 9.06. The molecule has 0 aliphatic carbocycles. The van der Waals surface area contributed by atoms with Crippen LogP contribution in [0.4, 0.5) is 0 Å². The monoisotopic (exact) mass is 188 g/mol. The van der Waals surface area contributed by atoms with E-state index in [9.17, 15) is 0 Å². The van der Waals surface area contributed by atoms with Crippen molar-refractivity contribution in [1.29, 1.82) is 0 Å². The van der Waals surface area contributed by atoms with Crippen molar-refractivity contribution in [2.45, 2.75) is 13.2 Å². The van der Waals surface area contributed by atoms with Gasteiger partial charge in [0.05, 0.1) is 0 Å². The molecule has 0 aliphatic heterocycles. The summed E-state index contributed by atoms with van der Waals surface area (Å²) in [5.41, 5.74) is 0. The molecule has 1 unspecified atom stereocenters. The van der Waals surface area contributed by atoms with E-state index in [0.717, 1.165) is 5.39 Å². The summed E-state index contributed by atoms with van der Waals surface area (Å²) in [6, 6.07) is 13.8. The highest BCUT2D eigenvalue weighted by molar-refractivity contribution is 5.83. The normalized spacial score (nSPS) is 12.7. The van der Waals surface area contributed by atoms with E-state index in [0.29, 0.717) is 5.75 Å². The van der Waals surface area contributed by atoms with Crippen molar-refractivity contribution in [1.82, 2.24) is 0 Å². The standard InChI is InChI=1S/C12H12O2/c1-9(13)14-12-7-6-10-4-2-3-5-11(10)8-12/h2-9,13H,1H3. The second-order valence-corrected chi connectivity index (χ2v) is 3.23. The van der Waals surface area contributed by atoms with Crippen LogP contribution in [0.15, 0.2) is 42.5 Å². The Kier molecular flexibility index (Phi) is 2.37. The molecule has 2 nitrogen and oxygen atoms in total. The van der Waals surface area contributed by atoms with E-state index >= 15 is 0 Å². The van der Waals surface area contributed by atoms with Crippen molar-refractivity contribution in [3.63, 3.8) is 0 Å². The number of ether oxygens (including phenoxy) is 1. The summed E-state index contributed by atoms with van der Waals surface area (Å²) in [6.07, 6.45) is -0.767. The van der Waals surface area contributed by atoms with Gasteiger partial charge in [0.15, 0.2) is 6.29 Å². The Morgan fingerprint density at radius 3 is 2.50 bits per heavy atom. The lowest BCUT2D eigenvalue weighted by molar-refractivity contribution is -0.000182. The molecule has 0 fully saturated rings. The zero-order valence-corrected chi connectivity index (χ0v) is 7.97. The van der Waals surface area contributed by atoms with Gasteiger partial charge >= 0.3 is 0 Å². The Bertz CT molecular complexity index is 435. The van der Waals surface area contributed by atoms with E-state index in [4.69, 9.17) is 9.84 Å². The van der Waals surface area contributed by atoms with Crippen LogP contribution in [0.5, 0.6) is 5.75 Å². The van der Waals surface area contributed by atoms with Crippen LogP contribution in [0, 0.1) is 0 Å². The van der Waals surface area contributed by atoms with Gasteiger partial charge in [0, 0.05) is 0 Å². The molecule has 0 aliphatic rings. The van der Waals surface area contributed by atoms with Gasteiger partial charge in [-0.3, -0.25) is 0 Å². The molecule has 0 bridgehead atoms. The van der Waals surface area contributed by atoms with Gasteiger partial charge in [0.25, 0.3) is 0 Å². The Hall–Kier alpha value is -1.54. The maximum atomic E-state index is 9.06. The zero-order valence-electron chi connectivity index (χ0n) is 7.97. The van der Waals surface area contributed by atoms with Gasteiger partial charge < -0.3 is 9.84 Å². The topological polar surface area (TPSA) is 29.5 Å². The van der Waals surface area contributed by atoms with E-state index in [1.165, 1.54) is 5.39 Å². The van der Waals surface area contributed by atoms with Gasteiger partial charge in [-0.15, -0.1) is 0 Å². The summed E-state index contributed by atoms with van der Waals surface area (Å²) in [5.74, 6) is 0.693. The Morgan fingerprint density at radius 1 is 1.07 bits per heavy atom. The van der Waals surface area contributed by atoms with E-state index in [2.05, 4.69) is 0 Å². The molecule has 1 N–H and O–H groups in total. The predicted octanol–water partition coefficient (Wildman–Crippen LogP) is 2.56. The largest absolute Gasteiger partial charge is 0.465 e. The molecule has 0 heterocycles. The van der Waals surface area contributed by atoms with Gasteiger partial charge in [-0.05, 0) is 29.8 Å². The van der Waals surface area contributed by atoms with Gasteiger partial charge in [0.2, 0.25) is 0 Å². The summed E-state index contributed by atoms with van der Waals surface area (Å²) in [7, 11) is 0. The molecular weight excluding hydrogens is 176 g/mol. The molecule has 2 aromatic carbocycles. The molecular formula is C12H12O2. The molecule has 2 heteroatoms. The first-order valence-electron chi connectivity index (χ1n) is 4.59. The van der Waals surface area contributed by atoms with Crippen LogP contribution >= 0.6 is 0 Å². The molecule has 0 spiro atoms. The molecule has 0 saturated heterocycles. The fourth-order valence-electron chi connectivity index (χ4n) is 1.44. The quantitative estimate of drug-likeness (QED) is 0.734. The predicted molar refractivity (Wildman–Crippen MR) is 56.3 cm³/mol. The third kappa shape index (κ3) is 1.86. The van der Waals surface area contributed by atoms with E-state index < -0.39 is 6.29 Å². The minimum absolute atomic E-state index is 0.693. The maximum Gasteiger partial charge on any atom is 0.194 e. The number of aliphatic hydroxyl groups excluding tert-OH is 1. The molecule has 14 heavy (non-hydrogen) atoms. The molecule has 0 amide bonds. The molecule has 1 atom stereocenters. The third-order valence-corrected chi connectivity index (χ3v) is 2.03. The number of aliphatic hydroxyl groups is 1. The van der Waals surface area contributed by atoms with Crippen LogP contribution in [-0.2, 0) is 0 Å². The zero-order chi connectivity index (χ0) is 9.97. The molecule has 2 rings (SSSR count). The summed E-state index contributed by atoms with van der Waals surface area (Å²) in [5, 5.41) is 11.3. The lowest BCUT2D eigenvalue weighted by atomic mass is 10.1. The highest BCUT2D eigenvalue weighted by atomic mass is 16.6. The third-order valence-electron chi connectivity index (χ3n) is 2.03. The summed E-state index contributed by atoms with van der Waals surface area (Å²) >= 11 is 0. The van der Waals surface area contributed by atoms with Crippen LogP contribution in [0.1, 0.15) is 6.92 Å². The number of rotatable bonds is 2. The first-order chi connectivity index (χ1) is 6.75. The molecule has 72 valence electrons. The van der Waals surface area contributed by atoms with Gasteiger partial charge in [0.1, 0.15) is 5.75 Å². The minimum Gasteiger partial charge on any atom is -0.465 e. The van der Waals surface area contributed by atoms with Crippen LogP contribution < -0.4 is 4.74 Å². The van der Waals surface area contributed by atoms with Gasteiger partial charge in [-0.2, -0.15) is 0 Å². The van der Waals surface area contributed by atoms with Gasteiger partial charge in [-0.1, -0.05) is 30.3 Å². The highest BCUT2D eigenvalue weighted by Gasteiger charge is 1.99.